The van der Waals surface area contributed by atoms with Gasteiger partial charge in [-0.2, -0.15) is 16.7 Å². The number of aromatic nitrogens is 3. The van der Waals surface area contributed by atoms with Gasteiger partial charge in [-0.15, -0.1) is 11.3 Å². The summed E-state index contributed by atoms with van der Waals surface area (Å²) in [6.45, 7) is 2.40. The lowest BCUT2D eigenvalue weighted by molar-refractivity contribution is 0.425. The van der Waals surface area contributed by atoms with E-state index < -0.39 is 0 Å². The molecule has 5 nitrogen and oxygen atoms in total. The molecule has 1 saturated carbocycles. The highest BCUT2D eigenvalue weighted by Crippen LogP contribution is 2.32. The first-order valence-electron chi connectivity index (χ1n) is 7.37. The summed E-state index contributed by atoms with van der Waals surface area (Å²) in [5, 5.41) is 5.75. The largest absolute Gasteiger partial charge is 0.333 e. The maximum absolute atomic E-state index is 5.62. The van der Waals surface area contributed by atoms with Crippen LogP contribution in [-0.2, 0) is 12.3 Å². The molecular weight excluding hydrogens is 304 g/mol. The maximum Gasteiger partial charge on any atom is 0.269 e. The van der Waals surface area contributed by atoms with Gasteiger partial charge in [0.1, 0.15) is 9.88 Å². The molecule has 21 heavy (non-hydrogen) atoms. The first-order valence-corrected chi connectivity index (χ1v) is 9.23. The van der Waals surface area contributed by atoms with E-state index in [2.05, 4.69) is 15.1 Å². The number of rotatable bonds is 5. The van der Waals surface area contributed by atoms with Gasteiger partial charge in [0.05, 0.1) is 11.4 Å². The maximum atomic E-state index is 5.62. The predicted octanol–water partition coefficient (Wildman–Crippen LogP) is 3.53. The molecule has 0 spiro atoms. The van der Waals surface area contributed by atoms with Crippen LogP contribution in [0.4, 0.5) is 0 Å². The van der Waals surface area contributed by atoms with Gasteiger partial charge in [-0.3, -0.25) is 0 Å². The lowest BCUT2D eigenvalue weighted by atomic mass is 10.0. The third-order valence-electron chi connectivity index (χ3n) is 3.68. The standard InChI is InChI=1S/C14H20N4OS2/c1-9-13(21-12(7-15)16-9)14-17-11(18-19-14)8-20-10-5-3-2-4-6-10/h10H,2-8,15H2,1H3. The Bertz CT molecular complexity index is 590. The molecule has 7 heteroatoms. The number of nitrogens with two attached hydrogens (primary N) is 1. The molecular formula is C14H20N4OS2. The van der Waals surface area contributed by atoms with Gasteiger partial charge in [0.2, 0.25) is 0 Å². The SMILES string of the molecule is Cc1nc(CN)sc1-c1nc(CSC2CCCCC2)no1. The van der Waals surface area contributed by atoms with E-state index >= 15 is 0 Å². The molecule has 0 atom stereocenters. The van der Waals surface area contributed by atoms with Crippen LogP contribution in [0.2, 0.25) is 0 Å². The fraction of sp³-hybridized carbons (Fsp3) is 0.643. The summed E-state index contributed by atoms with van der Waals surface area (Å²) in [7, 11) is 0. The normalized spacial score (nSPS) is 16.5. The third kappa shape index (κ3) is 3.64. The molecule has 114 valence electrons. The molecule has 0 aliphatic heterocycles. The van der Waals surface area contributed by atoms with Gasteiger partial charge in [-0.05, 0) is 19.8 Å². The van der Waals surface area contributed by atoms with Gasteiger partial charge in [0.25, 0.3) is 5.89 Å². The van der Waals surface area contributed by atoms with Gasteiger partial charge in [-0.1, -0.05) is 24.4 Å². The van der Waals surface area contributed by atoms with Crippen LogP contribution in [0.15, 0.2) is 4.52 Å². The van der Waals surface area contributed by atoms with E-state index in [0.717, 1.165) is 32.4 Å². The van der Waals surface area contributed by atoms with Crippen molar-refractivity contribution in [3.05, 3.63) is 16.5 Å². The minimum absolute atomic E-state index is 0.448. The minimum atomic E-state index is 0.448. The van der Waals surface area contributed by atoms with Gasteiger partial charge >= 0.3 is 0 Å². The predicted molar refractivity (Wildman–Crippen MR) is 86.2 cm³/mol. The van der Waals surface area contributed by atoms with Gasteiger partial charge in [0, 0.05) is 11.8 Å². The molecule has 3 rings (SSSR count). The summed E-state index contributed by atoms with van der Waals surface area (Å²) in [6, 6.07) is 0. The number of hydrogen-bond donors (Lipinski definition) is 1. The summed E-state index contributed by atoms with van der Waals surface area (Å²) in [5.41, 5.74) is 6.54. The molecule has 0 bridgehead atoms. The Morgan fingerprint density at radius 1 is 1.29 bits per heavy atom. The van der Waals surface area contributed by atoms with Crippen LogP contribution in [0.1, 0.15) is 48.6 Å². The number of hydrogen-bond acceptors (Lipinski definition) is 7. The van der Waals surface area contributed by atoms with E-state index in [1.807, 2.05) is 18.7 Å². The quantitative estimate of drug-likeness (QED) is 0.906. The van der Waals surface area contributed by atoms with Crippen molar-refractivity contribution in [1.82, 2.24) is 15.1 Å². The molecule has 0 amide bonds. The molecule has 2 N–H and O–H groups in total. The van der Waals surface area contributed by atoms with E-state index in [1.165, 1.54) is 43.4 Å². The van der Waals surface area contributed by atoms with Crippen molar-refractivity contribution in [3.63, 3.8) is 0 Å². The van der Waals surface area contributed by atoms with Crippen molar-refractivity contribution in [2.45, 2.75) is 56.6 Å². The Labute approximate surface area is 132 Å². The number of nitrogens with zero attached hydrogens (tertiary/aromatic N) is 3. The molecule has 2 aromatic heterocycles. The van der Waals surface area contributed by atoms with Crippen molar-refractivity contribution < 1.29 is 4.52 Å². The molecule has 1 aliphatic rings. The van der Waals surface area contributed by atoms with Crippen molar-refractivity contribution >= 4 is 23.1 Å². The van der Waals surface area contributed by atoms with Crippen LogP contribution in [0.25, 0.3) is 10.8 Å². The summed E-state index contributed by atoms with van der Waals surface area (Å²) in [5.74, 6) is 2.18. The topological polar surface area (TPSA) is 77.8 Å². The van der Waals surface area contributed by atoms with Crippen molar-refractivity contribution in [2.24, 2.45) is 5.73 Å². The van der Waals surface area contributed by atoms with Gasteiger partial charge in [-0.25, -0.2) is 4.98 Å². The zero-order chi connectivity index (χ0) is 14.7. The number of thiazole rings is 1. The van der Waals surface area contributed by atoms with Crippen LogP contribution in [-0.4, -0.2) is 20.4 Å². The second kappa shape index (κ2) is 6.89. The zero-order valence-electron chi connectivity index (χ0n) is 12.2. The number of thioether (sulfide) groups is 1. The molecule has 0 aromatic carbocycles. The highest BCUT2D eigenvalue weighted by atomic mass is 32.2. The fourth-order valence-electron chi connectivity index (χ4n) is 2.57. The molecule has 0 unspecified atom stereocenters. The Kier molecular flexibility index (Phi) is 4.92. The first-order chi connectivity index (χ1) is 10.3. The lowest BCUT2D eigenvalue weighted by Gasteiger charge is -2.19. The summed E-state index contributed by atoms with van der Waals surface area (Å²) in [6.07, 6.45) is 6.75. The molecule has 0 saturated heterocycles. The van der Waals surface area contributed by atoms with E-state index in [1.54, 1.807) is 0 Å². The second-order valence-electron chi connectivity index (χ2n) is 5.31. The summed E-state index contributed by atoms with van der Waals surface area (Å²) < 4.78 is 5.38. The van der Waals surface area contributed by atoms with Crippen LogP contribution in [0.3, 0.4) is 0 Å². The second-order valence-corrected chi connectivity index (χ2v) is 7.69. The van der Waals surface area contributed by atoms with Crippen LogP contribution < -0.4 is 5.73 Å². The molecule has 0 radical (unpaired) electrons. The van der Waals surface area contributed by atoms with Crippen molar-refractivity contribution in [1.29, 1.82) is 0 Å². The molecule has 1 fully saturated rings. The molecule has 1 aliphatic carbocycles. The van der Waals surface area contributed by atoms with E-state index in [9.17, 15) is 0 Å². The number of aryl methyl sites for hydroxylation is 1. The van der Waals surface area contributed by atoms with Crippen LogP contribution >= 0.6 is 23.1 Å². The molecule has 2 aromatic rings. The smallest absolute Gasteiger partial charge is 0.269 e. The van der Waals surface area contributed by atoms with Gasteiger partial charge < -0.3 is 10.3 Å². The highest BCUT2D eigenvalue weighted by molar-refractivity contribution is 7.99. The van der Waals surface area contributed by atoms with Crippen LogP contribution in [0.5, 0.6) is 0 Å². The van der Waals surface area contributed by atoms with Crippen LogP contribution in [0, 0.1) is 6.92 Å². The highest BCUT2D eigenvalue weighted by Gasteiger charge is 2.18. The fourth-order valence-corrected chi connectivity index (χ4v) is 4.60. The Balaban J connectivity index is 1.63. The summed E-state index contributed by atoms with van der Waals surface area (Å²) in [4.78, 5) is 9.84. The van der Waals surface area contributed by atoms with E-state index in [4.69, 9.17) is 10.3 Å². The zero-order valence-corrected chi connectivity index (χ0v) is 13.8. The first kappa shape index (κ1) is 15.0. The Morgan fingerprint density at radius 2 is 2.10 bits per heavy atom. The third-order valence-corrected chi connectivity index (χ3v) is 6.21. The summed E-state index contributed by atoms with van der Waals surface area (Å²) >= 11 is 3.49. The van der Waals surface area contributed by atoms with E-state index in [-0.39, 0.29) is 0 Å². The average Bonchev–Trinajstić information content (AvgIpc) is 3.12. The van der Waals surface area contributed by atoms with E-state index in [0.29, 0.717) is 12.4 Å². The van der Waals surface area contributed by atoms with Crippen molar-refractivity contribution in [2.75, 3.05) is 0 Å². The monoisotopic (exact) mass is 324 g/mol. The lowest BCUT2D eigenvalue weighted by Crippen LogP contribution is -2.08. The molecule has 2 heterocycles. The Morgan fingerprint density at radius 3 is 2.81 bits per heavy atom. The van der Waals surface area contributed by atoms with Crippen molar-refractivity contribution in [3.8, 4) is 10.8 Å². The Hall–Kier alpha value is -0.920. The average molecular weight is 324 g/mol. The van der Waals surface area contributed by atoms with Gasteiger partial charge in [0.15, 0.2) is 5.82 Å². The minimum Gasteiger partial charge on any atom is -0.333 e.